The van der Waals surface area contributed by atoms with Gasteiger partial charge >= 0.3 is 0 Å². The lowest BCUT2D eigenvalue weighted by molar-refractivity contribution is -0.122. The Kier molecular flexibility index (Phi) is 7.73. The number of hydrogen-bond donors (Lipinski definition) is 2. The van der Waals surface area contributed by atoms with Crippen LogP contribution in [0.25, 0.3) is 0 Å². The monoisotopic (exact) mass is 278 g/mol. The van der Waals surface area contributed by atoms with E-state index in [0.717, 1.165) is 12.2 Å². The Morgan fingerprint density at radius 2 is 2.00 bits per heavy atom. The van der Waals surface area contributed by atoms with Crippen molar-refractivity contribution >= 4 is 5.91 Å². The quantitative estimate of drug-likeness (QED) is 0.681. The minimum absolute atomic E-state index is 0.0535. The van der Waals surface area contributed by atoms with Gasteiger partial charge in [-0.15, -0.1) is 0 Å². The third-order valence-electron chi connectivity index (χ3n) is 3.05. The van der Waals surface area contributed by atoms with E-state index in [1.807, 2.05) is 30.3 Å². The molecule has 0 aliphatic rings. The fraction of sp³-hybridized carbons (Fsp3) is 0.562. The first-order chi connectivity index (χ1) is 9.61. The van der Waals surface area contributed by atoms with Crippen LogP contribution in [-0.2, 0) is 4.79 Å². The van der Waals surface area contributed by atoms with E-state index < -0.39 is 0 Å². The number of carbonyl (C=O) groups is 1. The van der Waals surface area contributed by atoms with Crippen LogP contribution in [0.15, 0.2) is 30.3 Å². The van der Waals surface area contributed by atoms with Gasteiger partial charge in [0.2, 0.25) is 5.91 Å². The molecule has 0 fully saturated rings. The summed E-state index contributed by atoms with van der Waals surface area (Å²) in [7, 11) is 0. The van der Waals surface area contributed by atoms with Gasteiger partial charge in [-0.05, 0) is 36.9 Å². The molecular formula is C16H26N2O2. The van der Waals surface area contributed by atoms with Gasteiger partial charge in [-0.2, -0.15) is 0 Å². The molecule has 0 aliphatic heterocycles. The molecule has 0 aromatic heterocycles. The summed E-state index contributed by atoms with van der Waals surface area (Å²) in [6, 6.07) is 9.58. The number of ether oxygens (including phenoxy) is 1. The van der Waals surface area contributed by atoms with Gasteiger partial charge in [-0.25, -0.2) is 0 Å². The molecule has 0 radical (unpaired) electrons. The highest BCUT2D eigenvalue weighted by atomic mass is 16.5. The molecule has 0 heterocycles. The average Bonchev–Trinajstić information content (AvgIpc) is 2.43. The fourth-order valence-corrected chi connectivity index (χ4v) is 2.14. The van der Waals surface area contributed by atoms with E-state index in [1.54, 1.807) is 0 Å². The first kappa shape index (κ1) is 16.5. The van der Waals surface area contributed by atoms with Crippen LogP contribution in [0, 0.1) is 11.8 Å². The van der Waals surface area contributed by atoms with Gasteiger partial charge in [0, 0.05) is 6.42 Å². The smallest absolute Gasteiger partial charge is 0.220 e. The van der Waals surface area contributed by atoms with E-state index in [2.05, 4.69) is 19.2 Å². The van der Waals surface area contributed by atoms with Crippen molar-refractivity contribution < 1.29 is 9.53 Å². The van der Waals surface area contributed by atoms with Crippen LogP contribution >= 0.6 is 0 Å². The second kappa shape index (κ2) is 9.37. The van der Waals surface area contributed by atoms with Crippen LogP contribution in [0.3, 0.4) is 0 Å². The summed E-state index contributed by atoms with van der Waals surface area (Å²) in [5.41, 5.74) is 5.70. The lowest BCUT2D eigenvalue weighted by atomic mass is 9.94. The topological polar surface area (TPSA) is 64.4 Å². The highest BCUT2D eigenvalue weighted by Crippen LogP contribution is 2.13. The molecule has 0 saturated carbocycles. The molecule has 3 N–H and O–H groups in total. The Morgan fingerprint density at radius 3 is 2.60 bits per heavy atom. The van der Waals surface area contributed by atoms with E-state index in [1.165, 1.54) is 0 Å². The number of para-hydroxylation sites is 1. The van der Waals surface area contributed by atoms with Crippen molar-refractivity contribution in [2.45, 2.75) is 26.7 Å². The molecule has 1 atom stereocenters. The molecule has 112 valence electrons. The number of rotatable bonds is 9. The molecule has 0 aliphatic carbocycles. The van der Waals surface area contributed by atoms with E-state index in [-0.39, 0.29) is 11.8 Å². The summed E-state index contributed by atoms with van der Waals surface area (Å²) in [4.78, 5) is 11.8. The standard InChI is InChI=1S/C16H26N2O2/c1-13(2)10-14(12-17)11-16(19)18-8-9-20-15-6-4-3-5-7-15/h3-7,13-14H,8-12,17H2,1-2H3,(H,18,19). The largest absolute Gasteiger partial charge is 0.492 e. The second-order valence-corrected chi connectivity index (χ2v) is 5.45. The molecule has 4 nitrogen and oxygen atoms in total. The molecular weight excluding hydrogens is 252 g/mol. The highest BCUT2D eigenvalue weighted by molar-refractivity contribution is 5.76. The lowest BCUT2D eigenvalue weighted by Crippen LogP contribution is -2.31. The zero-order chi connectivity index (χ0) is 14.8. The third kappa shape index (κ3) is 7.14. The lowest BCUT2D eigenvalue weighted by Gasteiger charge is -2.16. The van der Waals surface area contributed by atoms with Crippen LogP contribution in [0.5, 0.6) is 5.75 Å². The van der Waals surface area contributed by atoms with E-state index in [0.29, 0.717) is 32.0 Å². The van der Waals surface area contributed by atoms with E-state index in [9.17, 15) is 4.79 Å². The number of carbonyl (C=O) groups excluding carboxylic acids is 1. The summed E-state index contributed by atoms with van der Waals surface area (Å²) >= 11 is 0. The Hall–Kier alpha value is -1.55. The molecule has 1 aromatic carbocycles. The van der Waals surface area contributed by atoms with Gasteiger partial charge in [0.1, 0.15) is 12.4 Å². The van der Waals surface area contributed by atoms with Crippen molar-refractivity contribution in [3.63, 3.8) is 0 Å². The Bertz CT molecular complexity index is 379. The maximum absolute atomic E-state index is 11.8. The van der Waals surface area contributed by atoms with Crippen LogP contribution < -0.4 is 15.8 Å². The molecule has 1 aromatic rings. The van der Waals surface area contributed by atoms with E-state index >= 15 is 0 Å². The summed E-state index contributed by atoms with van der Waals surface area (Å²) < 4.78 is 5.51. The molecule has 1 rings (SSSR count). The number of benzene rings is 1. The van der Waals surface area contributed by atoms with Crippen molar-refractivity contribution in [2.75, 3.05) is 19.7 Å². The normalized spacial score (nSPS) is 12.2. The van der Waals surface area contributed by atoms with Gasteiger partial charge < -0.3 is 15.8 Å². The molecule has 1 amide bonds. The maximum atomic E-state index is 11.8. The van der Waals surface area contributed by atoms with Crippen LogP contribution in [0.4, 0.5) is 0 Å². The molecule has 4 heteroatoms. The van der Waals surface area contributed by atoms with Crippen LogP contribution in [-0.4, -0.2) is 25.6 Å². The van der Waals surface area contributed by atoms with Gasteiger partial charge in [0.05, 0.1) is 6.54 Å². The van der Waals surface area contributed by atoms with E-state index in [4.69, 9.17) is 10.5 Å². The zero-order valence-electron chi connectivity index (χ0n) is 12.5. The molecule has 0 bridgehead atoms. The molecule has 0 saturated heterocycles. The summed E-state index contributed by atoms with van der Waals surface area (Å²) in [5.74, 6) is 1.71. The van der Waals surface area contributed by atoms with Crippen molar-refractivity contribution in [1.82, 2.24) is 5.32 Å². The van der Waals surface area contributed by atoms with Crippen molar-refractivity contribution in [3.8, 4) is 5.75 Å². The predicted molar refractivity (Wildman–Crippen MR) is 81.6 cm³/mol. The maximum Gasteiger partial charge on any atom is 0.220 e. The second-order valence-electron chi connectivity index (χ2n) is 5.45. The zero-order valence-corrected chi connectivity index (χ0v) is 12.5. The van der Waals surface area contributed by atoms with Crippen LogP contribution in [0.2, 0.25) is 0 Å². The first-order valence-electron chi connectivity index (χ1n) is 7.26. The predicted octanol–water partition coefficient (Wildman–Crippen LogP) is 2.19. The van der Waals surface area contributed by atoms with Crippen molar-refractivity contribution in [2.24, 2.45) is 17.6 Å². The molecule has 20 heavy (non-hydrogen) atoms. The average molecular weight is 278 g/mol. The Morgan fingerprint density at radius 1 is 1.30 bits per heavy atom. The van der Waals surface area contributed by atoms with Crippen molar-refractivity contribution in [1.29, 1.82) is 0 Å². The minimum atomic E-state index is 0.0535. The minimum Gasteiger partial charge on any atom is -0.492 e. The number of nitrogens with one attached hydrogen (secondary N) is 1. The Labute approximate surface area is 121 Å². The summed E-state index contributed by atoms with van der Waals surface area (Å²) in [6.07, 6.45) is 1.49. The summed E-state index contributed by atoms with van der Waals surface area (Å²) in [6.45, 7) is 5.86. The third-order valence-corrected chi connectivity index (χ3v) is 3.05. The summed E-state index contributed by atoms with van der Waals surface area (Å²) in [5, 5.41) is 2.87. The van der Waals surface area contributed by atoms with Gasteiger partial charge in [-0.1, -0.05) is 32.0 Å². The van der Waals surface area contributed by atoms with Gasteiger partial charge in [-0.3, -0.25) is 4.79 Å². The fourth-order valence-electron chi connectivity index (χ4n) is 2.14. The SMILES string of the molecule is CC(C)CC(CN)CC(=O)NCCOc1ccccc1. The number of hydrogen-bond acceptors (Lipinski definition) is 3. The highest BCUT2D eigenvalue weighted by Gasteiger charge is 2.13. The molecule has 0 spiro atoms. The van der Waals surface area contributed by atoms with Crippen LogP contribution in [0.1, 0.15) is 26.7 Å². The Balaban J connectivity index is 2.16. The van der Waals surface area contributed by atoms with Crippen molar-refractivity contribution in [3.05, 3.63) is 30.3 Å². The van der Waals surface area contributed by atoms with Gasteiger partial charge in [0.15, 0.2) is 0 Å². The number of nitrogens with two attached hydrogens (primary N) is 1. The first-order valence-corrected chi connectivity index (χ1v) is 7.26. The van der Waals surface area contributed by atoms with Gasteiger partial charge in [0.25, 0.3) is 0 Å². The number of amides is 1. The molecule has 1 unspecified atom stereocenters.